The number of rotatable bonds is 2. The fraction of sp³-hybridized carbons (Fsp3) is 0.0625. The second kappa shape index (κ2) is 5.02. The maximum Gasteiger partial charge on any atom is 0.148 e. The van der Waals surface area contributed by atoms with Gasteiger partial charge in [-0.05, 0) is 31.2 Å². The Bertz CT molecular complexity index is 787. The first-order valence-corrected chi connectivity index (χ1v) is 6.60. The molecule has 2 N–H and O–H groups in total. The minimum atomic E-state index is 0.526. The number of anilines is 1. The molecule has 0 amide bonds. The number of ether oxygens (including phenoxy) is 1. The van der Waals surface area contributed by atoms with Crippen molar-refractivity contribution in [2.45, 2.75) is 6.92 Å². The van der Waals surface area contributed by atoms with E-state index in [9.17, 15) is 0 Å². The van der Waals surface area contributed by atoms with Gasteiger partial charge in [-0.2, -0.15) is 0 Å². The maximum absolute atomic E-state index is 6.14. The summed E-state index contributed by atoms with van der Waals surface area (Å²) >= 11 is 6.14. The van der Waals surface area contributed by atoms with Gasteiger partial charge in [-0.25, -0.2) is 0 Å². The molecule has 0 saturated heterocycles. The third kappa shape index (κ3) is 2.40. The van der Waals surface area contributed by atoms with Gasteiger partial charge >= 0.3 is 0 Å². The Kier molecular flexibility index (Phi) is 3.20. The molecule has 3 aromatic rings. The van der Waals surface area contributed by atoms with Crippen LogP contribution in [0, 0.1) is 6.92 Å². The first-order chi connectivity index (χ1) is 9.63. The number of fused-ring (bicyclic) bond motifs is 1. The van der Waals surface area contributed by atoms with Crippen molar-refractivity contribution in [3.63, 3.8) is 0 Å². The molecule has 0 spiro atoms. The maximum atomic E-state index is 6.14. The smallest absolute Gasteiger partial charge is 0.148 e. The van der Waals surface area contributed by atoms with Crippen LogP contribution in [0.1, 0.15) is 5.69 Å². The molecule has 1 heterocycles. The van der Waals surface area contributed by atoms with Crippen LogP contribution in [0.4, 0.5) is 5.69 Å². The summed E-state index contributed by atoms with van der Waals surface area (Å²) in [6.07, 6.45) is 0. The largest absolute Gasteiger partial charge is 0.455 e. The second-order valence-electron chi connectivity index (χ2n) is 4.57. The van der Waals surface area contributed by atoms with Gasteiger partial charge < -0.3 is 10.5 Å². The molecule has 3 rings (SSSR count). The number of nitrogens with two attached hydrogens (primary N) is 1. The van der Waals surface area contributed by atoms with Crippen LogP contribution in [0.25, 0.3) is 10.9 Å². The number of pyridine rings is 1. The lowest BCUT2D eigenvalue weighted by Gasteiger charge is -2.11. The van der Waals surface area contributed by atoms with Gasteiger partial charge in [-0.3, -0.25) is 4.98 Å². The number of aryl methyl sites for hydroxylation is 1. The highest BCUT2D eigenvalue weighted by Crippen LogP contribution is 2.34. The highest BCUT2D eigenvalue weighted by molar-refractivity contribution is 6.32. The Hall–Kier alpha value is -2.26. The lowest BCUT2D eigenvalue weighted by molar-refractivity contribution is 0.488. The lowest BCUT2D eigenvalue weighted by atomic mass is 10.2. The number of aromatic nitrogens is 1. The van der Waals surface area contributed by atoms with Crippen molar-refractivity contribution in [3.05, 3.63) is 59.2 Å². The van der Waals surface area contributed by atoms with Gasteiger partial charge in [0, 0.05) is 28.9 Å². The Morgan fingerprint density at radius 1 is 1.05 bits per heavy atom. The predicted molar refractivity (Wildman–Crippen MR) is 82.4 cm³/mol. The number of benzene rings is 2. The molecule has 20 heavy (non-hydrogen) atoms. The SMILES string of the molecule is Cc1cc(Oc2cc(N)ccc2Cl)c2ccccc2n1. The Morgan fingerprint density at radius 3 is 2.70 bits per heavy atom. The quantitative estimate of drug-likeness (QED) is 0.701. The number of halogens is 1. The van der Waals surface area contributed by atoms with Crippen LogP contribution in [-0.2, 0) is 0 Å². The minimum absolute atomic E-state index is 0.526. The van der Waals surface area contributed by atoms with Crippen molar-refractivity contribution in [2.75, 3.05) is 5.73 Å². The molecule has 0 fully saturated rings. The number of nitrogen functional groups attached to an aromatic ring is 1. The molecular formula is C16H13ClN2O. The van der Waals surface area contributed by atoms with Crippen molar-refractivity contribution in [3.8, 4) is 11.5 Å². The first kappa shape index (κ1) is 12.8. The Balaban J connectivity index is 2.13. The average molecular weight is 285 g/mol. The minimum Gasteiger partial charge on any atom is -0.455 e. The second-order valence-corrected chi connectivity index (χ2v) is 4.98. The van der Waals surface area contributed by atoms with Gasteiger partial charge in [-0.1, -0.05) is 23.7 Å². The summed E-state index contributed by atoms with van der Waals surface area (Å²) in [5, 5.41) is 1.47. The van der Waals surface area contributed by atoms with E-state index in [1.165, 1.54) is 0 Å². The average Bonchev–Trinajstić information content (AvgIpc) is 2.43. The van der Waals surface area contributed by atoms with E-state index >= 15 is 0 Å². The standard InChI is InChI=1S/C16H13ClN2O/c1-10-8-15(12-4-2-3-5-14(12)19-10)20-16-9-11(18)6-7-13(16)17/h2-9H,18H2,1H3. The summed E-state index contributed by atoms with van der Waals surface area (Å²) in [5.41, 5.74) is 8.16. The zero-order valence-electron chi connectivity index (χ0n) is 10.9. The van der Waals surface area contributed by atoms with E-state index < -0.39 is 0 Å². The number of nitrogens with zero attached hydrogens (tertiary/aromatic N) is 1. The molecule has 0 atom stereocenters. The van der Waals surface area contributed by atoms with Crippen molar-refractivity contribution in [1.29, 1.82) is 0 Å². The van der Waals surface area contributed by atoms with Crippen LogP contribution in [-0.4, -0.2) is 4.98 Å². The third-order valence-corrected chi connectivity index (χ3v) is 3.29. The van der Waals surface area contributed by atoms with Gasteiger partial charge in [0.1, 0.15) is 11.5 Å². The number of hydrogen-bond donors (Lipinski definition) is 1. The fourth-order valence-corrected chi connectivity index (χ4v) is 2.23. The molecule has 100 valence electrons. The van der Waals surface area contributed by atoms with E-state index in [1.54, 1.807) is 18.2 Å². The van der Waals surface area contributed by atoms with E-state index in [1.807, 2.05) is 37.3 Å². The first-order valence-electron chi connectivity index (χ1n) is 6.23. The van der Waals surface area contributed by atoms with Crippen LogP contribution in [0.3, 0.4) is 0 Å². The van der Waals surface area contributed by atoms with Gasteiger partial charge in [0.25, 0.3) is 0 Å². The highest BCUT2D eigenvalue weighted by Gasteiger charge is 2.08. The van der Waals surface area contributed by atoms with Crippen LogP contribution in [0.2, 0.25) is 5.02 Å². The number of hydrogen-bond acceptors (Lipinski definition) is 3. The van der Waals surface area contributed by atoms with Crippen LogP contribution in [0.15, 0.2) is 48.5 Å². The lowest BCUT2D eigenvalue weighted by Crippen LogP contribution is -1.92. The Labute approximate surface area is 122 Å². The molecule has 0 aliphatic heterocycles. The van der Waals surface area contributed by atoms with Gasteiger partial charge in [0.05, 0.1) is 10.5 Å². The highest BCUT2D eigenvalue weighted by atomic mass is 35.5. The summed E-state index contributed by atoms with van der Waals surface area (Å²) in [7, 11) is 0. The van der Waals surface area contributed by atoms with Crippen molar-refractivity contribution in [1.82, 2.24) is 4.98 Å². The molecule has 0 bridgehead atoms. The molecular weight excluding hydrogens is 272 g/mol. The Morgan fingerprint density at radius 2 is 1.85 bits per heavy atom. The topological polar surface area (TPSA) is 48.1 Å². The summed E-state index contributed by atoms with van der Waals surface area (Å²) < 4.78 is 5.93. The molecule has 4 heteroatoms. The van der Waals surface area contributed by atoms with Crippen LogP contribution >= 0.6 is 11.6 Å². The van der Waals surface area contributed by atoms with Crippen molar-refractivity contribution < 1.29 is 4.74 Å². The van der Waals surface area contributed by atoms with Gasteiger partial charge in [-0.15, -0.1) is 0 Å². The molecule has 2 aromatic carbocycles. The van der Waals surface area contributed by atoms with E-state index in [4.69, 9.17) is 22.1 Å². The van der Waals surface area contributed by atoms with Gasteiger partial charge in [0.2, 0.25) is 0 Å². The monoisotopic (exact) mass is 284 g/mol. The zero-order chi connectivity index (χ0) is 14.1. The van der Waals surface area contributed by atoms with Gasteiger partial charge in [0.15, 0.2) is 0 Å². The normalized spacial score (nSPS) is 10.7. The number of para-hydroxylation sites is 1. The predicted octanol–water partition coefficient (Wildman–Crippen LogP) is 4.57. The summed E-state index contributed by atoms with van der Waals surface area (Å²) in [6.45, 7) is 1.93. The fourth-order valence-electron chi connectivity index (χ4n) is 2.07. The third-order valence-electron chi connectivity index (χ3n) is 2.98. The molecule has 0 aliphatic carbocycles. The van der Waals surface area contributed by atoms with Crippen LogP contribution in [0.5, 0.6) is 11.5 Å². The van der Waals surface area contributed by atoms with E-state index in [0.717, 1.165) is 22.3 Å². The molecule has 0 radical (unpaired) electrons. The van der Waals surface area contributed by atoms with E-state index in [2.05, 4.69) is 4.98 Å². The molecule has 0 aliphatic rings. The van der Waals surface area contributed by atoms with E-state index in [0.29, 0.717) is 16.5 Å². The van der Waals surface area contributed by atoms with Crippen molar-refractivity contribution in [2.24, 2.45) is 0 Å². The zero-order valence-corrected chi connectivity index (χ0v) is 11.7. The summed E-state index contributed by atoms with van der Waals surface area (Å²) in [4.78, 5) is 4.48. The molecule has 3 nitrogen and oxygen atoms in total. The summed E-state index contributed by atoms with van der Waals surface area (Å²) in [6, 6.07) is 14.9. The van der Waals surface area contributed by atoms with Crippen molar-refractivity contribution >= 4 is 28.2 Å². The summed E-state index contributed by atoms with van der Waals surface area (Å²) in [5.74, 6) is 1.27. The van der Waals surface area contributed by atoms with Crippen LogP contribution < -0.4 is 10.5 Å². The molecule has 0 unspecified atom stereocenters. The molecule has 1 aromatic heterocycles. The van der Waals surface area contributed by atoms with E-state index in [-0.39, 0.29) is 0 Å². The molecule has 0 saturated carbocycles.